The molecule has 2 aromatic carbocycles. The normalized spacial score (nSPS) is 29.1. The van der Waals surface area contributed by atoms with Gasteiger partial charge in [0.2, 0.25) is 5.72 Å². The van der Waals surface area contributed by atoms with E-state index in [0.717, 1.165) is 33.1 Å². The van der Waals surface area contributed by atoms with Crippen LogP contribution in [0, 0.1) is 0 Å². The molecule has 1 aliphatic carbocycles. The minimum atomic E-state index is -0.432. The van der Waals surface area contributed by atoms with Crippen LogP contribution in [-0.4, -0.2) is 12.8 Å². The zero-order valence-electron chi connectivity index (χ0n) is 14.3. The zero-order chi connectivity index (χ0) is 17.4. The molecule has 0 saturated heterocycles. The summed E-state index contributed by atoms with van der Waals surface area (Å²) in [6, 6.07) is 13.0. The van der Waals surface area contributed by atoms with E-state index in [4.69, 9.17) is 4.74 Å². The highest BCUT2D eigenvalue weighted by Crippen LogP contribution is 2.62. The fraction of sp³-hybridized carbons (Fsp3) is 0.333. The maximum Gasteiger partial charge on any atom is 0.215 e. The molecule has 2 aliphatic heterocycles. The number of ether oxygens (including phenoxy) is 1. The lowest BCUT2D eigenvalue weighted by molar-refractivity contribution is 0.0149. The van der Waals surface area contributed by atoms with Crippen molar-refractivity contribution in [3.8, 4) is 5.75 Å². The van der Waals surface area contributed by atoms with E-state index in [1.807, 2.05) is 0 Å². The number of rotatable bonds is 0. The van der Waals surface area contributed by atoms with Crippen molar-refractivity contribution in [2.75, 3.05) is 11.9 Å². The third-order valence-corrected chi connectivity index (χ3v) is 7.30. The van der Waals surface area contributed by atoms with Gasteiger partial charge in [0, 0.05) is 22.8 Å². The fourth-order valence-corrected chi connectivity index (χ4v) is 6.52. The summed E-state index contributed by atoms with van der Waals surface area (Å²) in [4.78, 5) is 2.37. The molecule has 1 fully saturated rings. The van der Waals surface area contributed by atoms with Gasteiger partial charge in [-0.25, -0.2) is 0 Å². The lowest BCUT2D eigenvalue weighted by Crippen LogP contribution is -2.63. The van der Waals surface area contributed by atoms with Crippen LogP contribution in [0.5, 0.6) is 5.75 Å². The SMILES string of the molecule is CN1c2ccccc2C2(C)CCCC3=Cc4cc(Br)cc(Br)c4OC312. The van der Waals surface area contributed by atoms with Crippen molar-refractivity contribution < 1.29 is 4.74 Å². The molecule has 0 N–H and O–H groups in total. The fourth-order valence-electron chi connectivity index (χ4n) is 5.18. The van der Waals surface area contributed by atoms with E-state index in [0.29, 0.717) is 0 Å². The van der Waals surface area contributed by atoms with Gasteiger partial charge in [-0.1, -0.05) is 34.1 Å². The van der Waals surface area contributed by atoms with Crippen LogP contribution in [0.2, 0.25) is 0 Å². The summed E-state index contributed by atoms with van der Waals surface area (Å²) in [5.74, 6) is 0.944. The highest BCUT2D eigenvalue weighted by Gasteiger charge is 2.64. The first-order valence-electron chi connectivity index (χ1n) is 8.70. The Hall–Kier alpha value is -1.26. The van der Waals surface area contributed by atoms with E-state index in [9.17, 15) is 0 Å². The Balaban J connectivity index is 1.80. The topological polar surface area (TPSA) is 12.5 Å². The molecule has 0 radical (unpaired) electrons. The predicted molar refractivity (Wildman–Crippen MR) is 109 cm³/mol. The molecule has 4 heteroatoms. The van der Waals surface area contributed by atoms with Gasteiger partial charge in [0.15, 0.2) is 0 Å². The molecule has 2 aromatic rings. The van der Waals surface area contributed by atoms with Crippen molar-refractivity contribution >= 4 is 43.6 Å². The second-order valence-electron chi connectivity index (χ2n) is 7.48. The molecular weight excluding hydrogens is 442 g/mol. The lowest BCUT2D eigenvalue weighted by Gasteiger charge is -2.53. The number of hydrogen-bond donors (Lipinski definition) is 0. The molecule has 5 rings (SSSR count). The summed E-state index contributed by atoms with van der Waals surface area (Å²) < 4.78 is 8.99. The van der Waals surface area contributed by atoms with Gasteiger partial charge in [0.05, 0.1) is 9.89 Å². The Kier molecular flexibility index (Phi) is 3.28. The Morgan fingerprint density at radius 1 is 1.16 bits per heavy atom. The first kappa shape index (κ1) is 16.0. The average Bonchev–Trinajstić information content (AvgIpc) is 2.78. The Bertz CT molecular complexity index is 937. The molecule has 1 spiro atoms. The molecule has 2 heterocycles. The van der Waals surface area contributed by atoms with Gasteiger partial charge in [0.25, 0.3) is 0 Å². The van der Waals surface area contributed by atoms with Crippen LogP contribution in [0.3, 0.4) is 0 Å². The molecule has 128 valence electrons. The van der Waals surface area contributed by atoms with E-state index in [2.05, 4.69) is 93.2 Å². The minimum absolute atomic E-state index is 0.0490. The van der Waals surface area contributed by atoms with Crippen molar-refractivity contribution in [2.24, 2.45) is 0 Å². The third kappa shape index (κ3) is 1.85. The average molecular weight is 461 g/mol. The maximum absolute atomic E-state index is 6.92. The van der Waals surface area contributed by atoms with E-state index >= 15 is 0 Å². The van der Waals surface area contributed by atoms with Crippen LogP contribution < -0.4 is 9.64 Å². The summed E-state index contributed by atoms with van der Waals surface area (Å²) in [5.41, 5.74) is 4.74. The number of para-hydroxylation sites is 1. The largest absolute Gasteiger partial charge is 0.461 e. The first-order valence-corrected chi connectivity index (χ1v) is 10.3. The first-order chi connectivity index (χ1) is 12.0. The monoisotopic (exact) mass is 459 g/mol. The molecule has 1 saturated carbocycles. The van der Waals surface area contributed by atoms with Crippen LogP contribution in [0.15, 0.2) is 50.9 Å². The molecule has 2 atom stereocenters. The number of fused-ring (bicyclic) bond motifs is 3. The van der Waals surface area contributed by atoms with Gasteiger partial charge >= 0.3 is 0 Å². The second-order valence-corrected chi connectivity index (χ2v) is 9.25. The highest BCUT2D eigenvalue weighted by molar-refractivity contribution is 9.11. The molecule has 2 unspecified atom stereocenters. The molecule has 0 bridgehead atoms. The standard InChI is InChI=1S/C21H19Br2NO/c1-20-9-5-6-14-10-13-11-15(22)12-17(23)19(13)25-21(14,20)24(2)18-8-4-3-7-16(18)20/h3-4,7-8,10-12H,5-6,9H2,1-2H3. The van der Waals surface area contributed by atoms with Crippen molar-refractivity contribution in [3.63, 3.8) is 0 Å². The van der Waals surface area contributed by atoms with Gasteiger partial charge < -0.3 is 9.64 Å². The Morgan fingerprint density at radius 2 is 1.96 bits per heavy atom. The third-order valence-electron chi connectivity index (χ3n) is 6.25. The molecule has 3 aliphatic rings. The van der Waals surface area contributed by atoms with Crippen LogP contribution in [0.25, 0.3) is 6.08 Å². The maximum atomic E-state index is 6.92. The molecule has 2 nitrogen and oxygen atoms in total. The number of nitrogens with zero attached hydrogens (tertiary/aromatic N) is 1. The Morgan fingerprint density at radius 3 is 2.80 bits per heavy atom. The van der Waals surface area contributed by atoms with E-state index < -0.39 is 5.72 Å². The molecular formula is C21H19Br2NO. The van der Waals surface area contributed by atoms with Crippen molar-refractivity contribution in [3.05, 3.63) is 62.0 Å². The quantitative estimate of drug-likeness (QED) is 0.459. The van der Waals surface area contributed by atoms with Crippen LogP contribution in [0.1, 0.15) is 37.3 Å². The van der Waals surface area contributed by atoms with Crippen molar-refractivity contribution in [1.29, 1.82) is 0 Å². The number of halogens is 2. The minimum Gasteiger partial charge on any atom is -0.461 e. The van der Waals surface area contributed by atoms with E-state index in [-0.39, 0.29) is 5.41 Å². The van der Waals surface area contributed by atoms with Crippen molar-refractivity contribution in [2.45, 2.75) is 37.3 Å². The van der Waals surface area contributed by atoms with Crippen LogP contribution >= 0.6 is 31.9 Å². The smallest absolute Gasteiger partial charge is 0.215 e. The van der Waals surface area contributed by atoms with E-state index in [1.54, 1.807) is 0 Å². The van der Waals surface area contributed by atoms with E-state index in [1.165, 1.54) is 23.2 Å². The lowest BCUT2D eigenvalue weighted by atomic mass is 9.64. The number of likely N-dealkylation sites (N-methyl/N-ethyl adjacent to an activating group) is 1. The molecule has 25 heavy (non-hydrogen) atoms. The zero-order valence-corrected chi connectivity index (χ0v) is 17.4. The van der Waals surface area contributed by atoms with Gasteiger partial charge in [-0.3, -0.25) is 0 Å². The van der Waals surface area contributed by atoms with Gasteiger partial charge in [-0.2, -0.15) is 0 Å². The Labute approximate surface area is 165 Å². The summed E-state index contributed by atoms with van der Waals surface area (Å²) in [6.07, 6.45) is 5.76. The number of benzene rings is 2. The van der Waals surface area contributed by atoms with Crippen molar-refractivity contribution in [1.82, 2.24) is 0 Å². The highest BCUT2D eigenvalue weighted by atomic mass is 79.9. The van der Waals surface area contributed by atoms with Gasteiger partial charge in [-0.05, 0) is 77.5 Å². The summed E-state index contributed by atoms with van der Waals surface area (Å²) in [5, 5.41) is 0. The summed E-state index contributed by atoms with van der Waals surface area (Å²) in [6.45, 7) is 2.38. The number of hydrogen-bond acceptors (Lipinski definition) is 2. The predicted octanol–water partition coefficient (Wildman–Crippen LogP) is 6.28. The van der Waals surface area contributed by atoms with Crippen LogP contribution in [0.4, 0.5) is 5.69 Å². The molecule has 0 aromatic heterocycles. The molecule has 0 amide bonds. The number of anilines is 1. The van der Waals surface area contributed by atoms with Gasteiger partial charge in [0.1, 0.15) is 5.75 Å². The second kappa shape index (κ2) is 5.14. The van der Waals surface area contributed by atoms with Gasteiger partial charge in [-0.15, -0.1) is 0 Å². The summed E-state index contributed by atoms with van der Waals surface area (Å²) in [7, 11) is 2.18. The van der Waals surface area contributed by atoms with Crippen LogP contribution in [-0.2, 0) is 5.41 Å². The summed E-state index contributed by atoms with van der Waals surface area (Å²) >= 11 is 7.32.